The number of hydrogen-bond acceptors (Lipinski definition) is 2. The molecule has 0 spiro atoms. The van der Waals surface area contributed by atoms with Crippen LogP contribution in [0.2, 0.25) is 0 Å². The Labute approximate surface area is 84.7 Å². The number of hydrogen-bond donors (Lipinski definition) is 2. The lowest BCUT2D eigenvalue weighted by Gasteiger charge is -2.27. The molecule has 1 aromatic rings. The van der Waals surface area contributed by atoms with E-state index in [-0.39, 0.29) is 5.54 Å². The molecule has 14 heavy (non-hydrogen) atoms. The van der Waals surface area contributed by atoms with Crippen LogP contribution in [-0.4, -0.2) is 10.6 Å². The van der Waals surface area contributed by atoms with Gasteiger partial charge >= 0.3 is 0 Å². The van der Waals surface area contributed by atoms with Crippen LogP contribution >= 0.6 is 0 Å². The molecule has 0 aliphatic heterocycles. The van der Waals surface area contributed by atoms with Gasteiger partial charge in [0.2, 0.25) is 0 Å². The van der Waals surface area contributed by atoms with Crippen molar-refractivity contribution in [3.05, 3.63) is 29.3 Å². The smallest absolute Gasteiger partial charge is 0.115 e. The molecule has 0 aromatic heterocycles. The topological polar surface area (TPSA) is 46.2 Å². The first-order valence-corrected chi connectivity index (χ1v) is 5.09. The maximum absolute atomic E-state index is 9.44. The molecule has 1 atom stereocenters. The zero-order chi connectivity index (χ0) is 10.3. The summed E-state index contributed by atoms with van der Waals surface area (Å²) in [7, 11) is 0. The first-order valence-electron chi connectivity index (χ1n) is 5.09. The van der Waals surface area contributed by atoms with Crippen LogP contribution in [0.3, 0.4) is 0 Å². The fourth-order valence-corrected chi connectivity index (χ4v) is 2.36. The van der Waals surface area contributed by atoms with Crippen LogP contribution in [0.25, 0.3) is 0 Å². The van der Waals surface area contributed by atoms with E-state index in [1.54, 1.807) is 6.07 Å². The molecule has 2 rings (SSSR count). The lowest BCUT2D eigenvalue weighted by Crippen LogP contribution is -2.38. The largest absolute Gasteiger partial charge is 0.508 e. The molecular weight excluding hydrogens is 174 g/mol. The SMILES string of the molecule is CC(C)(N)C1CCc2ccc(O)cc21. The van der Waals surface area contributed by atoms with Gasteiger partial charge in [0.25, 0.3) is 0 Å². The second-order valence-electron chi connectivity index (χ2n) is 4.80. The average Bonchev–Trinajstić information content (AvgIpc) is 2.45. The summed E-state index contributed by atoms with van der Waals surface area (Å²) < 4.78 is 0. The number of nitrogens with two attached hydrogens (primary N) is 1. The Morgan fingerprint density at radius 3 is 2.79 bits per heavy atom. The van der Waals surface area contributed by atoms with Gasteiger partial charge in [0.15, 0.2) is 0 Å². The summed E-state index contributed by atoms with van der Waals surface area (Å²) >= 11 is 0. The van der Waals surface area contributed by atoms with Crippen molar-refractivity contribution in [2.45, 2.75) is 38.1 Å². The van der Waals surface area contributed by atoms with E-state index < -0.39 is 0 Å². The number of rotatable bonds is 1. The highest BCUT2D eigenvalue weighted by Crippen LogP contribution is 2.40. The molecule has 0 bridgehead atoms. The summed E-state index contributed by atoms with van der Waals surface area (Å²) in [6.45, 7) is 4.10. The van der Waals surface area contributed by atoms with Crippen molar-refractivity contribution in [1.82, 2.24) is 0 Å². The van der Waals surface area contributed by atoms with Gasteiger partial charge in [-0.2, -0.15) is 0 Å². The Morgan fingerprint density at radius 1 is 1.43 bits per heavy atom. The van der Waals surface area contributed by atoms with Crippen molar-refractivity contribution < 1.29 is 5.11 Å². The van der Waals surface area contributed by atoms with Crippen molar-refractivity contribution in [2.75, 3.05) is 0 Å². The van der Waals surface area contributed by atoms with Crippen LogP contribution < -0.4 is 5.73 Å². The predicted molar refractivity (Wildman–Crippen MR) is 57.4 cm³/mol. The Morgan fingerprint density at radius 2 is 2.14 bits per heavy atom. The summed E-state index contributed by atoms with van der Waals surface area (Å²) in [5, 5.41) is 9.44. The molecule has 0 amide bonds. The molecular formula is C12H17NO. The Hall–Kier alpha value is -1.02. The number of fused-ring (bicyclic) bond motifs is 1. The summed E-state index contributed by atoms with van der Waals surface area (Å²) in [5.74, 6) is 0.726. The standard InChI is InChI=1S/C12H17NO/c1-12(2,13)11-6-4-8-3-5-9(14)7-10(8)11/h3,5,7,11,14H,4,6,13H2,1-2H3. The number of benzene rings is 1. The van der Waals surface area contributed by atoms with Gasteiger partial charge in [-0.25, -0.2) is 0 Å². The van der Waals surface area contributed by atoms with E-state index in [4.69, 9.17) is 5.73 Å². The normalized spacial score (nSPS) is 20.9. The highest BCUT2D eigenvalue weighted by molar-refractivity contribution is 5.42. The monoisotopic (exact) mass is 191 g/mol. The quantitative estimate of drug-likeness (QED) is 0.714. The van der Waals surface area contributed by atoms with Crippen LogP contribution in [0.15, 0.2) is 18.2 Å². The van der Waals surface area contributed by atoms with E-state index in [0.717, 1.165) is 12.8 Å². The van der Waals surface area contributed by atoms with Gasteiger partial charge in [0.1, 0.15) is 5.75 Å². The average molecular weight is 191 g/mol. The summed E-state index contributed by atoms with van der Waals surface area (Å²) in [5.41, 5.74) is 8.50. The Bertz CT molecular complexity index is 352. The van der Waals surface area contributed by atoms with Crippen LogP contribution in [0.1, 0.15) is 37.3 Å². The van der Waals surface area contributed by atoms with E-state index in [2.05, 4.69) is 13.8 Å². The zero-order valence-corrected chi connectivity index (χ0v) is 8.75. The van der Waals surface area contributed by atoms with Gasteiger partial charge < -0.3 is 10.8 Å². The molecule has 3 N–H and O–H groups in total. The van der Waals surface area contributed by atoms with Crippen LogP contribution in [0, 0.1) is 0 Å². The van der Waals surface area contributed by atoms with E-state index >= 15 is 0 Å². The fraction of sp³-hybridized carbons (Fsp3) is 0.500. The Balaban J connectivity index is 2.43. The third kappa shape index (κ3) is 1.50. The second kappa shape index (κ2) is 2.99. The Kier molecular flexibility index (Phi) is 2.04. The maximum atomic E-state index is 9.44. The molecule has 1 aliphatic rings. The number of aromatic hydroxyl groups is 1. The lowest BCUT2D eigenvalue weighted by molar-refractivity contribution is 0.407. The summed E-state index contributed by atoms with van der Waals surface area (Å²) in [4.78, 5) is 0. The minimum Gasteiger partial charge on any atom is -0.508 e. The van der Waals surface area contributed by atoms with Crippen molar-refractivity contribution >= 4 is 0 Å². The van der Waals surface area contributed by atoms with Crippen LogP contribution in [0.4, 0.5) is 0 Å². The van der Waals surface area contributed by atoms with E-state index in [9.17, 15) is 5.11 Å². The van der Waals surface area contributed by atoms with Gasteiger partial charge in [-0.15, -0.1) is 0 Å². The van der Waals surface area contributed by atoms with Crippen molar-refractivity contribution in [2.24, 2.45) is 5.73 Å². The number of phenols is 1. The van der Waals surface area contributed by atoms with Crippen molar-refractivity contribution in [3.8, 4) is 5.75 Å². The minimum atomic E-state index is -0.195. The predicted octanol–water partition coefficient (Wildman–Crippen LogP) is 2.16. The second-order valence-corrected chi connectivity index (χ2v) is 4.80. The highest BCUT2D eigenvalue weighted by Gasteiger charge is 2.32. The maximum Gasteiger partial charge on any atom is 0.115 e. The molecule has 0 saturated carbocycles. The fourth-order valence-electron chi connectivity index (χ4n) is 2.36. The molecule has 2 nitrogen and oxygen atoms in total. The van der Waals surface area contributed by atoms with Gasteiger partial charge in [0, 0.05) is 11.5 Å². The molecule has 0 radical (unpaired) electrons. The highest BCUT2D eigenvalue weighted by atomic mass is 16.3. The van der Waals surface area contributed by atoms with Gasteiger partial charge in [-0.1, -0.05) is 6.07 Å². The molecule has 0 fully saturated rings. The van der Waals surface area contributed by atoms with Gasteiger partial charge in [-0.3, -0.25) is 0 Å². The van der Waals surface area contributed by atoms with E-state index in [1.807, 2.05) is 12.1 Å². The van der Waals surface area contributed by atoms with Gasteiger partial charge in [0.05, 0.1) is 0 Å². The number of phenolic OH excluding ortho intramolecular Hbond substituents is 1. The molecule has 1 aromatic carbocycles. The first-order chi connectivity index (χ1) is 6.48. The number of aryl methyl sites for hydroxylation is 1. The molecule has 76 valence electrons. The third-order valence-corrected chi connectivity index (χ3v) is 3.11. The van der Waals surface area contributed by atoms with Crippen molar-refractivity contribution in [1.29, 1.82) is 0 Å². The van der Waals surface area contributed by atoms with E-state index in [0.29, 0.717) is 11.7 Å². The van der Waals surface area contributed by atoms with Crippen LogP contribution in [-0.2, 0) is 6.42 Å². The lowest BCUT2D eigenvalue weighted by atomic mass is 9.84. The molecule has 0 heterocycles. The molecule has 1 aliphatic carbocycles. The zero-order valence-electron chi connectivity index (χ0n) is 8.75. The minimum absolute atomic E-state index is 0.195. The van der Waals surface area contributed by atoms with Gasteiger partial charge in [-0.05, 0) is 49.9 Å². The third-order valence-electron chi connectivity index (χ3n) is 3.11. The van der Waals surface area contributed by atoms with Crippen LogP contribution in [0.5, 0.6) is 5.75 Å². The summed E-state index contributed by atoms with van der Waals surface area (Å²) in [6, 6.07) is 5.63. The summed E-state index contributed by atoms with van der Waals surface area (Å²) in [6.07, 6.45) is 2.18. The molecule has 2 heteroatoms. The first kappa shape index (κ1) is 9.53. The van der Waals surface area contributed by atoms with E-state index in [1.165, 1.54) is 11.1 Å². The molecule has 0 saturated heterocycles. The van der Waals surface area contributed by atoms with Crippen molar-refractivity contribution in [3.63, 3.8) is 0 Å². The molecule has 1 unspecified atom stereocenters.